The van der Waals surface area contributed by atoms with Gasteiger partial charge in [-0.1, -0.05) is 38.0 Å². The van der Waals surface area contributed by atoms with Crippen LogP contribution in [0.5, 0.6) is 0 Å². The average molecular weight is 528 g/mol. The van der Waals surface area contributed by atoms with E-state index in [2.05, 4.69) is 10.0 Å². The lowest BCUT2D eigenvalue weighted by Crippen LogP contribution is -2.53. The van der Waals surface area contributed by atoms with Gasteiger partial charge in [-0.05, 0) is 56.2 Å². The molecule has 2 rings (SSSR count). The molecule has 1 aliphatic rings. The van der Waals surface area contributed by atoms with Crippen LogP contribution in [0, 0.1) is 18.8 Å². The van der Waals surface area contributed by atoms with Crippen molar-refractivity contribution in [3.63, 3.8) is 0 Å². The highest BCUT2D eigenvalue weighted by Gasteiger charge is 2.34. The Hall–Kier alpha value is -2.11. The number of nitrogens with zero attached hydrogens (tertiary/aromatic N) is 1. The first-order valence-corrected chi connectivity index (χ1v) is 14.8. The number of carbonyl (C=O) groups is 3. The molecule has 9 nitrogen and oxygen atoms in total. The van der Waals surface area contributed by atoms with E-state index in [1.54, 1.807) is 24.0 Å². The van der Waals surface area contributed by atoms with Crippen molar-refractivity contribution in [1.82, 2.24) is 14.9 Å². The molecule has 0 saturated carbocycles. The van der Waals surface area contributed by atoms with E-state index in [0.717, 1.165) is 5.56 Å². The van der Waals surface area contributed by atoms with Crippen molar-refractivity contribution < 1.29 is 27.9 Å². The number of hydrogen-bond acceptors (Lipinski definition) is 6. The number of benzene rings is 1. The van der Waals surface area contributed by atoms with Crippen molar-refractivity contribution in [2.24, 2.45) is 11.8 Å². The molecular formula is C24H37N3O6S2. The summed E-state index contributed by atoms with van der Waals surface area (Å²) in [5, 5.41) is 12.1. The zero-order chi connectivity index (χ0) is 26.2. The number of likely N-dealkylation sites (tertiary alicyclic amines) is 1. The van der Waals surface area contributed by atoms with E-state index in [9.17, 15) is 27.9 Å². The topological polar surface area (TPSA) is 133 Å². The number of piperidine rings is 1. The molecule has 2 amide bonds. The quantitative estimate of drug-likeness (QED) is 0.380. The van der Waals surface area contributed by atoms with Gasteiger partial charge >= 0.3 is 5.97 Å². The predicted octanol–water partition coefficient (Wildman–Crippen LogP) is 2.25. The fraction of sp³-hybridized carbons (Fsp3) is 0.625. The Morgan fingerprint density at radius 3 is 2.29 bits per heavy atom. The van der Waals surface area contributed by atoms with Gasteiger partial charge in [-0.15, -0.1) is 0 Å². The fourth-order valence-corrected chi connectivity index (χ4v) is 5.67. The number of carbonyl (C=O) groups excluding carboxylic acids is 2. The lowest BCUT2D eigenvalue weighted by Gasteiger charge is -2.34. The maximum atomic E-state index is 13.3. The zero-order valence-electron chi connectivity index (χ0n) is 20.8. The molecule has 1 aromatic carbocycles. The Balaban J connectivity index is 2.03. The van der Waals surface area contributed by atoms with Crippen LogP contribution in [-0.4, -0.2) is 73.4 Å². The molecule has 1 aliphatic heterocycles. The number of aryl methyl sites for hydroxylation is 1. The number of carboxylic acids is 1. The molecule has 0 aromatic heterocycles. The summed E-state index contributed by atoms with van der Waals surface area (Å²) >= 11 is 1.53. The third-order valence-electron chi connectivity index (χ3n) is 6.49. The van der Waals surface area contributed by atoms with Crippen LogP contribution in [0.2, 0.25) is 0 Å². The summed E-state index contributed by atoms with van der Waals surface area (Å²) in [6.45, 7) is 6.13. The summed E-state index contributed by atoms with van der Waals surface area (Å²) in [5.74, 6) is -1.66. The summed E-state index contributed by atoms with van der Waals surface area (Å²) in [5.41, 5.74) is 0.935. The second kappa shape index (κ2) is 13.3. The minimum absolute atomic E-state index is 0.106. The second-order valence-electron chi connectivity index (χ2n) is 9.08. The number of amides is 2. The smallest absolute Gasteiger partial charge is 0.326 e. The number of sulfonamides is 1. The standard InChI is InChI=1S/C24H37N3O6S2/c1-5-17(3)21(24(30)31)25-22(28)18-10-13-27(14-11-18)23(29)20(12-15-34-4)26-35(32,33)19-8-6-16(2)7-9-19/h6-9,17-18,20-21,26H,5,10-15H2,1-4H3,(H,25,28)(H,30,31)/t17-,20+,21+/m1/s1. The van der Waals surface area contributed by atoms with Crippen LogP contribution in [0.1, 0.15) is 45.1 Å². The summed E-state index contributed by atoms with van der Waals surface area (Å²) < 4.78 is 28.4. The van der Waals surface area contributed by atoms with Gasteiger partial charge in [0.15, 0.2) is 0 Å². The predicted molar refractivity (Wildman–Crippen MR) is 137 cm³/mol. The van der Waals surface area contributed by atoms with Crippen LogP contribution < -0.4 is 10.0 Å². The average Bonchev–Trinajstić information content (AvgIpc) is 2.84. The lowest BCUT2D eigenvalue weighted by molar-refractivity contribution is -0.144. The van der Waals surface area contributed by atoms with Crippen LogP contribution in [0.3, 0.4) is 0 Å². The van der Waals surface area contributed by atoms with E-state index in [1.807, 2.05) is 20.1 Å². The monoisotopic (exact) mass is 527 g/mol. The van der Waals surface area contributed by atoms with Gasteiger partial charge in [-0.25, -0.2) is 13.2 Å². The van der Waals surface area contributed by atoms with Gasteiger partial charge in [0.05, 0.1) is 4.90 Å². The first-order chi connectivity index (χ1) is 16.5. The molecule has 35 heavy (non-hydrogen) atoms. The van der Waals surface area contributed by atoms with Gasteiger partial charge in [-0.2, -0.15) is 16.5 Å². The molecule has 0 bridgehead atoms. The van der Waals surface area contributed by atoms with E-state index < -0.39 is 28.1 Å². The minimum Gasteiger partial charge on any atom is -0.480 e. The molecule has 1 heterocycles. The van der Waals surface area contributed by atoms with Crippen molar-refractivity contribution in [2.45, 2.75) is 63.4 Å². The number of thioether (sulfide) groups is 1. The third kappa shape index (κ3) is 8.22. The molecule has 0 radical (unpaired) electrons. The van der Waals surface area contributed by atoms with E-state index in [4.69, 9.17) is 0 Å². The van der Waals surface area contributed by atoms with Crippen molar-refractivity contribution in [3.8, 4) is 0 Å². The molecule has 0 aliphatic carbocycles. The Bertz CT molecular complexity index is 975. The summed E-state index contributed by atoms with van der Waals surface area (Å²) in [4.78, 5) is 39.2. The number of rotatable bonds is 12. The molecule has 0 spiro atoms. The first kappa shape index (κ1) is 29.1. The van der Waals surface area contributed by atoms with Crippen LogP contribution in [0.25, 0.3) is 0 Å². The highest BCUT2D eigenvalue weighted by atomic mass is 32.2. The van der Waals surface area contributed by atoms with Crippen molar-refractivity contribution in [3.05, 3.63) is 29.8 Å². The van der Waals surface area contributed by atoms with Gasteiger partial charge in [-0.3, -0.25) is 9.59 Å². The second-order valence-corrected chi connectivity index (χ2v) is 11.8. The molecule has 1 aromatic rings. The fourth-order valence-electron chi connectivity index (χ4n) is 3.98. The van der Waals surface area contributed by atoms with Crippen molar-refractivity contribution in [2.75, 3.05) is 25.1 Å². The summed E-state index contributed by atoms with van der Waals surface area (Å²) in [6.07, 6.45) is 3.65. The lowest BCUT2D eigenvalue weighted by atomic mass is 9.93. The maximum Gasteiger partial charge on any atom is 0.326 e. The molecule has 11 heteroatoms. The highest BCUT2D eigenvalue weighted by Crippen LogP contribution is 2.21. The summed E-state index contributed by atoms with van der Waals surface area (Å²) in [7, 11) is -3.87. The van der Waals surface area contributed by atoms with Crippen LogP contribution in [0.4, 0.5) is 0 Å². The van der Waals surface area contributed by atoms with Gasteiger partial charge in [0.25, 0.3) is 0 Å². The highest BCUT2D eigenvalue weighted by molar-refractivity contribution is 7.98. The Morgan fingerprint density at radius 2 is 1.77 bits per heavy atom. The number of hydrogen-bond donors (Lipinski definition) is 3. The zero-order valence-corrected chi connectivity index (χ0v) is 22.5. The van der Waals surface area contributed by atoms with Crippen LogP contribution >= 0.6 is 11.8 Å². The Kier molecular flexibility index (Phi) is 11.0. The molecule has 3 N–H and O–H groups in total. The number of aliphatic carboxylic acids is 1. The van der Waals surface area contributed by atoms with Gasteiger partial charge in [0.1, 0.15) is 12.1 Å². The number of nitrogens with one attached hydrogen (secondary N) is 2. The van der Waals surface area contributed by atoms with E-state index in [0.29, 0.717) is 44.5 Å². The van der Waals surface area contributed by atoms with Gasteiger partial charge in [0, 0.05) is 19.0 Å². The molecule has 3 atom stereocenters. The van der Waals surface area contributed by atoms with Crippen molar-refractivity contribution >= 4 is 39.6 Å². The van der Waals surface area contributed by atoms with Gasteiger partial charge in [0.2, 0.25) is 21.8 Å². The Labute approximate surface area is 212 Å². The van der Waals surface area contributed by atoms with Crippen LogP contribution in [0.15, 0.2) is 29.2 Å². The van der Waals surface area contributed by atoms with Crippen molar-refractivity contribution in [1.29, 1.82) is 0 Å². The first-order valence-electron chi connectivity index (χ1n) is 11.9. The largest absolute Gasteiger partial charge is 0.480 e. The molecule has 1 fully saturated rings. The van der Waals surface area contributed by atoms with E-state index in [-0.39, 0.29) is 28.5 Å². The molecular weight excluding hydrogens is 490 g/mol. The third-order valence-corrected chi connectivity index (χ3v) is 8.62. The normalized spacial score (nSPS) is 17.4. The molecule has 0 unspecified atom stereocenters. The molecule has 196 valence electrons. The summed E-state index contributed by atoms with van der Waals surface area (Å²) in [6, 6.07) is 4.60. The van der Waals surface area contributed by atoms with E-state index >= 15 is 0 Å². The van der Waals surface area contributed by atoms with E-state index in [1.165, 1.54) is 23.9 Å². The minimum atomic E-state index is -3.87. The number of carboxylic acid groups (broad SMARTS) is 1. The SMILES string of the molecule is CC[C@@H](C)[C@H](NC(=O)C1CCN(C(=O)[C@H](CCSC)NS(=O)(=O)c2ccc(C)cc2)CC1)C(=O)O. The van der Waals surface area contributed by atoms with Gasteiger partial charge < -0.3 is 15.3 Å². The Morgan fingerprint density at radius 1 is 1.17 bits per heavy atom. The van der Waals surface area contributed by atoms with Crippen LogP contribution in [-0.2, 0) is 24.4 Å². The maximum absolute atomic E-state index is 13.3. The molecule has 1 saturated heterocycles.